The van der Waals surface area contributed by atoms with Crippen molar-refractivity contribution in [2.75, 3.05) is 0 Å². The number of nitrogens with one attached hydrogen (secondary N) is 1. The molecule has 92 valence electrons. The van der Waals surface area contributed by atoms with E-state index in [-0.39, 0.29) is 5.91 Å². The zero-order valence-corrected chi connectivity index (χ0v) is 11.4. The van der Waals surface area contributed by atoms with Gasteiger partial charge in [-0.25, -0.2) is 5.43 Å². The lowest BCUT2D eigenvalue weighted by atomic mass is 10.2. The van der Waals surface area contributed by atoms with Crippen LogP contribution in [0.5, 0.6) is 0 Å². The quantitative estimate of drug-likeness (QED) is 0.693. The standard InChI is InChI=1S/C12H8BrClN2O2/c13-11-6-5-8(18-11)7-15-16-12(17)9-3-1-2-4-10(9)14/h1-7H,(H,16,17)/b15-7+. The van der Waals surface area contributed by atoms with Crippen molar-refractivity contribution in [3.8, 4) is 0 Å². The van der Waals surface area contributed by atoms with E-state index in [2.05, 4.69) is 26.5 Å². The topological polar surface area (TPSA) is 54.6 Å². The number of halogens is 2. The number of carbonyl (C=O) groups excluding carboxylic acids is 1. The van der Waals surface area contributed by atoms with Crippen molar-refractivity contribution >= 4 is 39.7 Å². The second-order valence-corrected chi connectivity index (χ2v) is 4.51. The van der Waals surface area contributed by atoms with Crippen LogP contribution >= 0.6 is 27.5 Å². The molecule has 1 heterocycles. The van der Waals surface area contributed by atoms with E-state index in [1.54, 1.807) is 36.4 Å². The van der Waals surface area contributed by atoms with Gasteiger partial charge in [-0.3, -0.25) is 4.79 Å². The van der Waals surface area contributed by atoms with E-state index in [9.17, 15) is 4.79 Å². The van der Waals surface area contributed by atoms with Gasteiger partial charge in [-0.1, -0.05) is 23.7 Å². The van der Waals surface area contributed by atoms with E-state index < -0.39 is 0 Å². The lowest BCUT2D eigenvalue weighted by Gasteiger charge is -2.00. The number of furan rings is 1. The summed E-state index contributed by atoms with van der Waals surface area (Å²) in [5, 5.41) is 4.16. The first-order valence-corrected chi connectivity index (χ1v) is 6.17. The summed E-state index contributed by atoms with van der Waals surface area (Å²) in [6.45, 7) is 0. The number of rotatable bonds is 3. The Morgan fingerprint density at radius 2 is 2.11 bits per heavy atom. The molecule has 0 saturated heterocycles. The third-order valence-corrected chi connectivity index (χ3v) is 2.83. The molecule has 2 rings (SSSR count). The molecule has 1 aromatic carbocycles. The minimum absolute atomic E-state index is 0.372. The van der Waals surface area contributed by atoms with Gasteiger partial charge in [0.05, 0.1) is 16.8 Å². The third-order valence-electron chi connectivity index (χ3n) is 2.07. The molecule has 1 aromatic heterocycles. The van der Waals surface area contributed by atoms with Crippen molar-refractivity contribution in [3.63, 3.8) is 0 Å². The van der Waals surface area contributed by atoms with Gasteiger partial charge in [-0.15, -0.1) is 0 Å². The molecule has 1 amide bonds. The van der Waals surface area contributed by atoms with Crippen LogP contribution in [-0.4, -0.2) is 12.1 Å². The number of hydrazone groups is 1. The Balaban J connectivity index is 2.01. The number of amides is 1. The highest BCUT2D eigenvalue weighted by molar-refractivity contribution is 9.10. The lowest BCUT2D eigenvalue weighted by Crippen LogP contribution is -2.17. The van der Waals surface area contributed by atoms with Crippen LogP contribution < -0.4 is 5.43 Å². The summed E-state index contributed by atoms with van der Waals surface area (Å²) < 4.78 is 5.78. The third kappa shape index (κ3) is 3.21. The Morgan fingerprint density at radius 3 is 2.78 bits per heavy atom. The molecule has 0 spiro atoms. The fourth-order valence-electron chi connectivity index (χ4n) is 1.26. The molecule has 2 aromatic rings. The fourth-order valence-corrected chi connectivity index (χ4v) is 1.80. The highest BCUT2D eigenvalue weighted by Gasteiger charge is 2.07. The Morgan fingerprint density at radius 1 is 1.33 bits per heavy atom. The molecule has 0 atom stereocenters. The van der Waals surface area contributed by atoms with Gasteiger partial charge in [0.15, 0.2) is 4.67 Å². The van der Waals surface area contributed by atoms with Crippen molar-refractivity contribution in [2.45, 2.75) is 0 Å². The highest BCUT2D eigenvalue weighted by Crippen LogP contribution is 2.14. The Hall–Kier alpha value is -1.59. The largest absolute Gasteiger partial charge is 0.448 e. The smallest absolute Gasteiger partial charge is 0.272 e. The van der Waals surface area contributed by atoms with Crippen LogP contribution in [0.1, 0.15) is 16.1 Å². The minimum atomic E-state index is -0.373. The van der Waals surface area contributed by atoms with Crippen LogP contribution in [-0.2, 0) is 0 Å². The molecular formula is C12H8BrClN2O2. The molecule has 18 heavy (non-hydrogen) atoms. The van der Waals surface area contributed by atoms with E-state index in [1.165, 1.54) is 6.21 Å². The van der Waals surface area contributed by atoms with E-state index in [1.807, 2.05) is 0 Å². The van der Waals surface area contributed by atoms with Crippen LogP contribution in [0, 0.1) is 0 Å². The summed E-state index contributed by atoms with van der Waals surface area (Å²) in [6.07, 6.45) is 1.40. The van der Waals surface area contributed by atoms with Crippen LogP contribution in [0.3, 0.4) is 0 Å². The number of hydrogen-bond donors (Lipinski definition) is 1. The van der Waals surface area contributed by atoms with E-state index in [4.69, 9.17) is 16.0 Å². The zero-order valence-electron chi connectivity index (χ0n) is 9.06. The molecule has 0 radical (unpaired) electrons. The number of benzene rings is 1. The molecule has 0 bridgehead atoms. The maximum absolute atomic E-state index is 11.7. The summed E-state index contributed by atoms with van der Waals surface area (Å²) in [6, 6.07) is 10.2. The SMILES string of the molecule is O=C(N/N=C/c1ccc(Br)o1)c1ccccc1Cl. The maximum atomic E-state index is 11.7. The van der Waals surface area contributed by atoms with Crippen LogP contribution in [0.25, 0.3) is 0 Å². The summed E-state index contributed by atoms with van der Waals surface area (Å²) in [7, 11) is 0. The molecular weight excluding hydrogens is 320 g/mol. The first-order chi connectivity index (χ1) is 8.66. The van der Waals surface area contributed by atoms with Gasteiger partial charge in [0.1, 0.15) is 5.76 Å². The Kier molecular flexibility index (Phi) is 4.17. The lowest BCUT2D eigenvalue weighted by molar-refractivity contribution is 0.0955. The summed E-state index contributed by atoms with van der Waals surface area (Å²) in [5.41, 5.74) is 2.74. The van der Waals surface area contributed by atoms with Crippen molar-refractivity contribution in [3.05, 3.63) is 57.4 Å². The van der Waals surface area contributed by atoms with Gasteiger partial charge in [-0.2, -0.15) is 5.10 Å². The van der Waals surface area contributed by atoms with Crippen molar-refractivity contribution in [1.82, 2.24) is 5.43 Å². The van der Waals surface area contributed by atoms with Crippen molar-refractivity contribution in [1.29, 1.82) is 0 Å². The summed E-state index contributed by atoms with van der Waals surface area (Å²) >= 11 is 9.05. The summed E-state index contributed by atoms with van der Waals surface area (Å²) in [5.74, 6) is 0.156. The van der Waals surface area contributed by atoms with Crippen molar-refractivity contribution in [2.24, 2.45) is 5.10 Å². The maximum Gasteiger partial charge on any atom is 0.272 e. The number of nitrogens with zero attached hydrogens (tertiary/aromatic N) is 1. The Labute approximate surface area is 117 Å². The average Bonchev–Trinajstić information content (AvgIpc) is 2.75. The van der Waals surface area contributed by atoms with Crippen LogP contribution in [0.2, 0.25) is 5.02 Å². The predicted octanol–water partition coefficient (Wildman–Crippen LogP) is 3.46. The molecule has 0 aliphatic rings. The number of hydrogen-bond acceptors (Lipinski definition) is 3. The van der Waals surface area contributed by atoms with Gasteiger partial charge < -0.3 is 4.42 Å². The highest BCUT2D eigenvalue weighted by atomic mass is 79.9. The minimum Gasteiger partial charge on any atom is -0.448 e. The molecule has 0 aliphatic carbocycles. The fraction of sp³-hybridized carbons (Fsp3) is 0. The summed E-state index contributed by atoms with van der Waals surface area (Å²) in [4.78, 5) is 11.7. The molecule has 4 nitrogen and oxygen atoms in total. The number of carbonyl (C=O) groups is 1. The van der Waals surface area contributed by atoms with E-state index in [0.29, 0.717) is 21.0 Å². The molecule has 6 heteroatoms. The van der Waals surface area contributed by atoms with Gasteiger partial charge in [0, 0.05) is 0 Å². The molecule has 0 unspecified atom stereocenters. The van der Waals surface area contributed by atoms with Gasteiger partial charge in [0.25, 0.3) is 5.91 Å². The normalized spacial score (nSPS) is 10.8. The monoisotopic (exact) mass is 326 g/mol. The van der Waals surface area contributed by atoms with Gasteiger partial charge in [-0.05, 0) is 40.2 Å². The second-order valence-electron chi connectivity index (χ2n) is 3.32. The predicted molar refractivity (Wildman–Crippen MR) is 72.9 cm³/mol. The van der Waals surface area contributed by atoms with Crippen LogP contribution in [0.15, 0.2) is 50.6 Å². The molecule has 0 fully saturated rings. The molecule has 0 saturated carbocycles. The zero-order chi connectivity index (χ0) is 13.0. The second kappa shape index (κ2) is 5.84. The van der Waals surface area contributed by atoms with E-state index >= 15 is 0 Å². The molecule has 0 aliphatic heterocycles. The first-order valence-electron chi connectivity index (χ1n) is 5.00. The van der Waals surface area contributed by atoms with Gasteiger partial charge in [0.2, 0.25) is 0 Å². The average molecular weight is 328 g/mol. The van der Waals surface area contributed by atoms with Crippen molar-refractivity contribution < 1.29 is 9.21 Å². The first kappa shape index (κ1) is 12.9. The molecule has 1 N–H and O–H groups in total. The van der Waals surface area contributed by atoms with Crippen LogP contribution in [0.4, 0.5) is 0 Å². The van der Waals surface area contributed by atoms with Gasteiger partial charge >= 0.3 is 0 Å². The van der Waals surface area contributed by atoms with E-state index in [0.717, 1.165) is 0 Å². The Bertz CT molecular complexity index is 595.